The first-order valence-corrected chi connectivity index (χ1v) is 3.31. The highest BCUT2D eigenvalue weighted by atomic mass is 16.6. The van der Waals surface area contributed by atoms with Gasteiger partial charge in [-0.25, -0.2) is 9.59 Å². The topological polar surface area (TPSA) is 46.6 Å². The van der Waals surface area contributed by atoms with Crippen LogP contribution in [0, 0.1) is 0 Å². The summed E-state index contributed by atoms with van der Waals surface area (Å²) in [5.41, 5.74) is 0. The van der Waals surface area contributed by atoms with Crippen LogP contribution in [-0.4, -0.2) is 29.5 Å². The van der Waals surface area contributed by atoms with Crippen molar-refractivity contribution in [1.82, 2.24) is 4.90 Å². The second kappa shape index (κ2) is 1.71. The summed E-state index contributed by atoms with van der Waals surface area (Å²) in [6, 6.07) is -0.257. The Bertz CT molecular complexity index is 181. The Morgan fingerprint density at radius 3 is 3.00 bits per heavy atom. The number of cyclic esters (lactones) is 2. The molecule has 54 valence electrons. The van der Waals surface area contributed by atoms with Crippen molar-refractivity contribution in [3.63, 3.8) is 0 Å². The van der Waals surface area contributed by atoms with E-state index in [1.165, 1.54) is 4.90 Å². The molecule has 1 amide bonds. The van der Waals surface area contributed by atoms with Crippen LogP contribution in [0.2, 0.25) is 0 Å². The molecule has 0 saturated carbocycles. The van der Waals surface area contributed by atoms with Gasteiger partial charge in [-0.05, 0) is 12.8 Å². The first kappa shape index (κ1) is 5.70. The van der Waals surface area contributed by atoms with Gasteiger partial charge in [0.25, 0.3) is 0 Å². The smallest absolute Gasteiger partial charge is 0.375 e. The second-order valence-electron chi connectivity index (χ2n) is 2.54. The van der Waals surface area contributed by atoms with Gasteiger partial charge in [-0.15, -0.1) is 0 Å². The zero-order valence-electron chi connectivity index (χ0n) is 5.37. The number of fused-ring (bicyclic) bond motifs is 1. The van der Waals surface area contributed by atoms with Crippen molar-refractivity contribution in [3.05, 3.63) is 0 Å². The van der Waals surface area contributed by atoms with Gasteiger partial charge in [0, 0.05) is 6.54 Å². The fraction of sp³-hybridized carbons (Fsp3) is 0.667. The summed E-state index contributed by atoms with van der Waals surface area (Å²) in [6.07, 6.45) is 1.23. The largest absolute Gasteiger partial charge is 0.418 e. The van der Waals surface area contributed by atoms with Gasteiger partial charge in [0.15, 0.2) is 0 Å². The highest BCUT2D eigenvalue weighted by Gasteiger charge is 2.43. The summed E-state index contributed by atoms with van der Waals surface area (Å²) in [5.74, 6) is -0.373. The third-order valence-electron chi connectivity index (χ3n) is 1.95. The molecule has 2 aliphatic rings. The van der Waals surface area contributed by atoms with Crippen molar-refractivity contribution in [3.8, 4) is 0 Å². The Hall–Kier alpha value is -1.06. The molecular weight excluding hydrogens is 134 g/mol. The van der Waals surface area contributed by atoms with Crippen LogP contribution >= 0.6 is 0 Å². The Morgan fingerprint density at radius 1 is 1.50 bits per heavy atom. The molecule has 0 radical (unpaired) electrons. The van der Waals surface area contributed by atoms with Gasteiger partial charge in [0.05, 0.1) is 0 Å². The predicted octanol–water partition coefficient (Wildman–Crippen LogP) is 0.128. The molecule has 0 aliphatic carbocycles. The highest BCUT2D eigenvalue weighted by molar-refractivity contribution is 5.95. The van der Waals surface area contributed by atoms with Crippen LogP contribution in [0.5, 0.6) is 0 Å². The van der Waals surface area contributed by atoms with E-state index in [-0.39, 0.29) is 12.0 Å². The molecule has 4 heteroatoms. The monoisotopic (exact) mass is 141 g/mol. The van der Waals surface area contributed by atoms with Crippen LogP contribution in [0.25, 0.3) is 0 Å². The van der Waals surface area contributed by atoms with Crippen LogP contribution in [0.15, 0.2) is 0 Å². The van der Waals surface area contributed by atoms with E-state index in [4.69, 9.17) is 0 Å². The fourth-order valence-corrected chi connectivity index (χ4v) is 1.44. The lowest BCUT2D eigenvalue weighted by atomic mass is 10.2. The Morgan fingerprint density at radius 2 is 2.30 bits per heavy atom. The molecule has 2 rings (SSSR count). The normalized spacial score (nSPS) is 30.8. The minimum atomic E-state index is -0.465. The van der Waals surface area contributed by atoms with E-state index in [2.05, 4.69) is 4.74 Å². The highest BCUT2D eigenvalue weighted by Crippen LogP contribution is 2.24. The molecule has 10 heavy (non-hydrogen) atoms. The number of hydrogen-bond acceptors (Lipinski definition) is 3. The lowest BCUT2D eigenvalue weighted by molar-refractivity contribution is -0.135. The minimum Gasteiger partial charge on any atom is -0.375 e. The first-order chi connectivity index (χ1) is 4.79. The van der Waals surface area contributed by atoms with Gasteiger partial charge in [-0.3, -0.25) is 4.90 Å². The molecule has 2 heterocycles. The van der Waals surface area contributed by atoms with E-state index in [0.29, 0.717) is 6.54 Å². The van der Waals surface area contributed by atoms with Gasteiger partial charge in [0.1, 0.15) is 6.04 Å². The molecule has 2 saturated heterocycles. The Kier molecular flexibility index (Phi) is 0.977. The number of hydrogen-bond donors (Lipinski definition) is 0. The number of rotatable bonds is 0. The molecule has 1 atom stereocenters. The van der Waals surface area contributed by atoms with Crippen LogP contribution in [0.4, 0.5) is 4.79 Å². The van der Waals surface area contributed by atoms with Gasteiger partial charge < -0.3 is 4.74 Å². The maximum Gasteiger partial charge on any atom is 0.418 e. The SMILES string of the molecule is O=C1OC(=O)N2CCC[C@@H]12. The summed E-state index contributed by atoms with van der Waals surface area (Å²) in [7, 11) is 0. The summed E-state index contributed by atoms with van der Waals surface area (Å²) >= 11 is 0. The number of carbonyl (C=O) groups is 2. The first-order valence-electron chi connectivity index (χ1n) is 3.31. The number of amides is 1. The molecule has 2 fully saturated rings. The predicted molar refractivity (Wildman–Crippen MR) is 31.2 cm³/mol. The van der Waals surface area contributed by atoms with E-state index in [0.717, 1.165) is 12.8 Å². The summed E-state index contributed by atoms with van der Waals surface area (Å²) in [5, 5.41) is 0. The van der Waals surface area contributed by atoms with Crippen molar-refractivity contribution in [2.24, 2.45) is 0 Å². The molecule has 0 aromatic heterocycles. The number of nitrogens with zero attached hydrogens (tertiary/aromatic N) is 1. The molecule has 0 bridgehead atoms. The van der Waals surface area contributed by atoms with E-state index >= 15 is 0 Å². The summed E-state index contributed by atoms with van der Waals surface area (Å²) in [4.78, 5) is 23.0. The van der Waals surface area contributed by atoms with Crippen LogP contribution in [-0.2, 0) is 9.53 Å². The molecule has 0 N–H and O–H groups in total. The summed E-state index contributed by atoms with van der Waals surface area (Å²) in [6.45, 7) is 0.676. The Labute approximate surface area is 57.7 Å². The molecule has 0 aromatic rings. The van der Waals surface area contributed by atoms with Crippen molar-refractivity contribution in [2.75, 3.05) is 6.54 Å². The van der Waals surface area contributed by atoms with Crippen molar-refractivity contribution < 1.29 is 14.3 Å². The lowest BCUT2D eigenvalue weighted by Crippen LogP contribution is -2.28. The minimum absolute atomic E-state index is 0.257. The third kappa shape index (κ3) is 0.558. The van der Waals surface area contributed by atoms with Gasteiger partial charge in [0.2, 0.25) is 0 Å². The van der Waals surface area contributed by atoms with Crippen molar-refractivity contribution >= 4 is 12.1 Å². The van der Waals surface area contributed by atoms with Crippen LogP contribution in [0.3, 0.4) is 0 Å². The van der Waals surface area contributed by atoms with E-state index in [9.17, 15) is 9.59 Å². The van der Waals surface area contributed by atoms with E-state index < -0.39 is 6.09 Å². The van der Waals surface area contributed by atoms with Gasteiger partial charge in [-0.2, -0.15) is 0 Å². The number of ether oxygens (including phenoxy) is 1. The second-order valence-corrected chi connectivity index (χ2v) is 2.54. The molecule has 0 unspecified atom stereocenters. The maximum atomic E-state index is 10.8. The molecular formula is C6H7NO3. The van der Waals surface area contributed by atoms with Crippen LogP contribution < -0.4 is 0 Å². The van der Waals surface area contributed by atoms with Crippen molar-refractivity contribution in [1.29, 1.82) is 0 Å². The van der Waals surface area contributed by atoms with Crippen molar-refractivity contribution in [2.45, 2.75) is 18.9 Å². The zero-order chi connectivity index (χ0) is 7.14. The molecule has 2 aliphatic heterocycles. The quantitative estimate of drug-likeness (QED) is 0.355. The zero-order valence-corrected chi connectivity index (χ0v) is 5.37. The molecule has 0 spiro atoms. The Balaban J connectivity index is 2.27. The molecule has 0 aromatic carbocycles. The van der Waals surface area contributed by atoms with Gasteiger partial charge >= 0.3 is 12.1 Å². The van der Waals surface area contributed by atoms with Gasteiger partial charge in [-0.1, -0.05) is 0 Å². The molecule has 4 nitrogen and oxygen atoms in total. The average molecular weight is 141 g/mol. The standard InChI is InChI=1S/C6H7NO3/c8-5-4-2-1-3-7(4)6(9)10-5/h4H,1-3H2/t4-/m0/s1. The van der Waals surface area contributed by atoms with Crippen LogP contribution in [0.1, 0.15) is 12.8 Å². The number of esters is 1. The van der Waals surface area contributed by atoms with E-state index in [1.807, 2.05) is 0 Å². The summed E-state index contributed by atoms with van der Waals surface area (Å²) < 4.78 is 4.38. The number of carbonyl (C=O) groups excluding carboxylic acids is 2. The van der Waals surface area contributed by atoms with E-state index in [1.54, 1.807) is 0 Å². The fourth-order valence-electron chi connectivity index (χ4n) is 1.44. The third-order valence-corrected chi connectivity index (χ3v) is 1.95. The average Bonchev–Trinajstić information content (AvgIpc) is 2.39. The maximum absolute atomic E-state index is 10.8. The lowest BCUT2D eigenvalue weighted by Gasteiger charge is -2.06.